The van der Waals surface area contributed by atoms with Gasteiger partial charge in [-0.05, 0) is 45.8 Å². The molecule has 0 fully saturated rings. The van der Waals surface area contributed by atoms with Crippen molar-refractivity contribution in [1.29, 1.82) is 0 Å². The van der Waals surface area contributed by atoms with Crippen LogP contribution < -0.4 is 5.32 Å². The summed E-state index contributed by atoms with van der Waals surface area (Å²) < 4.78 is 26.6. The Labute approximate surface area is 117 Å². The van der Waals surface area contributed by atoms with Gasteiger partial charge in [-0.1, -0.05) is 18.2 Å². The lowest BCUT2D eigenvalue weighted by atomic mass is 10.2. The molecule has 1 amide bonds. The molecule has 1 N–H and O–H groups in total. The van der Waals surface area contributed by atoms with Crippen LogP contribution in [0.15, 0.2) is 46.9 Å². The minimum atomic E-state index is -0.598. The molecule has 2 aromatic carbocycles. The second-order valence-corrected chi connectivity index (χ2v) is 4.76. The lowest BCUT2D eigenvalue weighted by molar-refractivity contribution is 0.0946. The third-order valence-corrected chi connectivity index (χ3v) is 3.17. The number of carbonyl (C=O) groups is 1. The number of hydrogen-bond donors (Lipinski definition) is 1. The van der Waals surface area contributed by atoms with E-state index in [4.69, 9.17) is 0 Å². The molecule has 0 aliphatic carbocycles. The van der Waals surface area contributed by atoms with Crippen molar-refractivity contribution in [3.63, 3.8) is 0 Å². The summed E-state index contributed by atoms with van der Waals surface area (Å²) in [5.41, 5.74) is 0.710. The average molecular weight is 326 g/mol. The largest absolute Gasteiger partial charge is 0.348 e. The lowest BCUT2D eigenvalue weighted by Gasteiger charge is -2.07. The van der Waals surface area contributed by atoms with E-state index in [-0.39, 0.29) is 22.4 Å². The van der Waals surface area contributed by atoms with Crippen LogP contribution >= 0.6 is 15.9 Å². The first-order valence-electron chi connectivity index (χ1n) is 5.54. The fraction of sp³-hybridized carbons (Fsp3) is 0.0714. The molecule has 98 valence electrons. The van der Waals surface area contributed by atoms with Crippen LogP contribution in [0.5, 0.6) is 0 Å². The van der Waals surface area contributed by atoms with Crippen molar-refractivity contribution in [2.45, 2.75) is 6.54 Å². The van der Waals surface area contributed by atoms with Crippen LogP contribution in [0.2, 0.25) is 0 Å². The second kappa shape index (κ2) is 5.93. The molecule has 0 bridgehead atoms. The van der Waals surface area contributed by atoms with Gasteiger partial charge in [0.2, 0.25) is 0 Å². The zero-order chi connectivity index (χ0) is 13.8. The van der Waals surface area contributed by atoms with Gasteiger partial charge >= 0.3 is 0 Å². The zero-order valence-electron chi connectivity index (χ0n) is 9.79. The zero-order valence-corrected chi connectivity index (χ0v) is 11.4. The SMILES string of the molecule is O=C(NCc1ccc(F)cc1)c1cccc(Br)c1F. The van der Waals surface area contributed by atoms with Gasteiger partial charge in [-0.3, -0.25) is 4.79 Å². The van der Waals surface area contributed by atoms with Gasteiger partial charge < -0.3 is 5.32 Å². The lowest BCUT2D eigenvalue weighted by Crippen LogP contribution is -2.23. The first-order chi connectivity index (χ1) is 9.08. The van der Waals surface area contributed by atoms with Crippen LogP contribution in [-0.4, -0.2) is 5.91 Å². The van der Waals surface area contributed by atoms with Crippen LogP contribution in [0.3, 0.4) is 0 Å². The molecule has 0 saturated heterocycles. The molecular formula is C14H10BrF2NO. The van der Waals surface area contributed by atoms with Gasteiger partial charge in [0, 0.05) is 6.54 Å². The summed E-state index contributed by atoms with van der Waals surface area (Å²) in [5.74, 6) is -1.45. The van der Waals surface area contributed by atoms with E-state index in [0.29, 0.717) is 0 Å². The van der Waals surface area contributed by atoms with E-state index in [9.17, 15) is 13.6 Å². The molecule has 19 heavy (non-hydrogen) atoms. The van der Waals surface area contributed by atoms with Crippen molar-refractivity contribution in [2.75, 3.05) is 0 Å². The van der Waals surface area contributed by atoms with Gasteiger partial charge in [-0.25, -0.2) is 8.78 Å². The molecule has 0 saturated carbocycles. The van der Waals surface area contributed by atoms with Gasteiger partial charge in [0.05, 0.1) is 10.0 Å². The fourth-order valence-corrected chi connectivity index (χ4v) is 1.93. The monoisotopic (exact) mass is 325 g/mol. The fourth-order valence-electron chi connectivity index (χ4n) is 1.56. The summed E-state index contributed by atoms with van der Waals surface area (Å²) in [4.78, 5) is 11.8. The molecule has 2 aromatic rings. The molecule has 0 aliphatic heterocycles. The topological polar surface area (TPSA) is 29.1 Å². The highest BCUT2D eigenvalue weighted by Crippen LogP contribution is 2.18. The molecule has 0 aliphatic rings. The van der Waals surface area contributed by atoms with E-state index in [1.165, 1.54) is 24.3 Å². The maximum Gasteiger partial charge on any atom is 0.254 e. The Balaban J connectivity index is 2.05. The van der Waals surface area contributed by atoms with Gasteiger partial charge in [0.1, 0.15) is 11.6 Å². The highest BCUT2D eigenvalue weighted by atomic mass is 79.9. The van der Waals surface area contributed by atoms with E-state index < -0.39 is 11.7 Å². The third kappa shape index (κ3) is 3.38. The predicted octanol–water partition coefficient (Wildman–Crippen LogP) is 3.66. The minimum Gasteiger partial charge on any atom is -0.348 e. The molecule has 0 radical (unpaired) electrons. The Morgan fingerprint density at radius 3 is 2.47 bits per heavy atom. The van der Waals surface area contributed by atoms with Crippen LogP contribution in [0.1, 0.15) is 15.9 Å². The maximum atomic E-state index is 13.7. The molecule has 0 atom stereocenters. The number of halogens is 3. The van der Waals surface area contributed by atoms with Crippen LogP contribution in [0.25, 0.3) is 0 Å². The van der Waals surface area contributed by atoms with Gasteiger partial charge in [0.15, 0.2) is 0 Å². The predicted molar refractivity (Wildman–Crippen MR) is 71.7 cm³/mol. The highest BCUT2D eigenvalue weighted by molar-refractivity contribution is 9.10. The summed E-state index contributed by atoms with van der Waals surface area (Å²) in [6, 6.07) is 10.2. The number of carbonyl (C=O) groups excluding carboxylic acids is 1. The van der Waals surface area contributed by atoms with Crippen LogP contribution in [0, 0.1) is 11.6 Å². The van der Waals surface area contributed by atoms with Crippen molar-refractivity contribution in [2.24, 2.45) is 0 Å². The summed E-state index contributed by atoms with van der Waals surface area (Å²) in [5, 5.41) is 2.58. The maximum absolute atomic E-state index is 13.7. The quantitative estimate of drug-likeness (QED) is 0.916. The van der Waals surface area contributed by atoms with E-state index in [2.05, 4.69) is 21.2 Å². The normalized spacial score (nSPS) is 10.3. The summed E-state index contributed by atoms with van der Waals surface area (Å²) in [6.07, 6.45) is 0. The Morgan fingerprint density at radius 2 is 1.79 bits per heavy atom. The molecular weight excluding hydrogens is 316 g/mol. The second-order valence-electron chi connectivity index (χ2n) is 3.91. The highest BCUT2D eigenvalue weighted by Gasteiger charge is 2.13. The average Bonchev–Trinajstić information content (AvgIpc) is 2.41. The number of amides is 1. The first kappa shape index (κ1) is 13.7. The van der Waals surface area contributed by atoms with Crippen molar-refractivity contribution >= 4 is 21.8 Å². The van der Waals surface area contributed by atoms with E-state index in [1.54, 1.807) is 18.2 Å². The Hall–Kier alpha value is -1.75. The first-order valence-corrected chi connectivity index (χ1v) is 6.34. The molecule has 0 aromatic heterocycles. The number of nitrogens with one attached hydrogen (secondary N) is 1. The van der Waals surface area contributed by atoms with Crippen LogP contribution in [-0.2, 0) is 6.54 Å². The summed E-state index contributed by atoms with van der Waals surface area (Å²) >= 11 is 3.02. The van der Waals surface area contributed by atoms with Crippen molar-refractivity contribution in [1.82, 2.24) is 5.32 Å². The molecule has 0 spiro atoms. The van der Waals surface area contributed by atoms with Crippen LogP contribution in [0.4, 0.5) is 8.78 Å². The van der Waals surface area contributed by atoms with Crippen molar-refractivity contribution in [3.05, 3.63) is 69.7 Å². The van der Waals surface area contributed by atoms with Gasteiger partial charge in [0.25, 0.3) is 5.91 Å². The summed E-state index contributed by atoms with van der Waals surface area (Å²) in [6.45, 7) is 0.213. The van der Waals surface area contributed by atoms with Crippen molar-refractivity contribution < 1.29 is 13.6 Å². The summed E-state index contributed by atoms with van der Waals surface area (Å²) in [7, 11) is 0. The van der Waals surface area contributed by atoms with Gasteiger partial charge in [-0.2, -0.15) is 0 Å². The number of rotatable bonds is 3. The van der Waals surface area contributed by atoms with E-state index in [1.807, 2.05) is 0 Å². The van der Waals surface area contributed by atoms with Crippen molar-refractivity contribution in [3.8, 4) is 0 Å². The Morgan fingerprint density at radius 1 is 1.11 bits per heavy atom. The molecule has 5 heteroatoms. The van der Waals surface area contributed by atoms with E-state index >= 15 is 0 Å². The number of hydrogen-bond acceptors (Lipinski definition) is 1. The smallest absolute Gasteiger partial charge is 0.254 e. The number of benzene rings is 2. The Kier molecular flexibility index (Phi) is 4.27. The standard InChI is InChI=1S/C14H10BrF2NO/c15-12-3-1-2-11(13(12)17)14(19)18-8-9-4-6-10(16)7-5-9/h1-7H,8H2,(H,18,19). The molecule has 0 heterocycles. The molecule has 2 nitrogen and oxygen atoms in total. The molecule has 2 rings (SSSR count). The Bertz CT molecular complexity index is 599. The molecule has 0 unspecified atom stereocenters. The third-order valence-electron chi connectivity index (χ3n) is 2.56. The van der Waals surface area contributed by atoms with E-state index in [0.717, 1.165) is 5.56 Å². The van der Waals surface area contributed by atoms with Gasteiger partial charge in [-0.15, -0.1) is 0 Å². The minimum absolute atomic E-state index is 0.0310.